The van der Waals surface area contributed by atoms with E-state index in [2.05, 4.69) is 27.3 Å². The number of sulfonamides is 1. The molecule has 0 spiro atoms. The van der Waals surface area contributed by atoms with E-state index in [1.54, 1.807) is 6.07 Å². The van der Waals surface area contributed by atoms with E-state index in [9.17, 15) is 8.42 Å². The lowest BCUT2D eigenvalue weighted by Crippen LogP contribution is -2.25. The Morgan fingerprint density at radius 2 is 2.00 bits per heavy atom. The summed E-state index contributed by atoms with van der Waals surface area (Å²) < 4.78 is 27.4. The lowest BCUT2D eigenvalue weighted by molar-refractivity contribution is 0.580. The van der Waals surface area contributed by atoms with Gasteiger partial charge >= 0.3 is 0 Å². The molecule has 0 aliphatic carbocycles. The van der Waals surface area contributed by atoms with Gasteiger partial charge in [-0.2, -0.15) is 0 Å². The van der Waals surface area contributed by atoms with Crippen LogP contribution in [-0.2, 0) is 10.0 Å². The number of benzene rings is 1. The van der Waals surface area contributed by atoms with Crippen molar-refractivity contribution in [3.63, 3.8) is 0 Å². The maximum Gasteiger partial charge on any atom is 0.240 e. The summed E-state index contributed by atoms with van der Waals surface area (Å²) in [6.45, 7) is 4.27. The van der Waals surface area contributed by atoms with Crippen molar-refractivity contribution in [2.24, 2.45) is 0 Å². The van der Waals surface area contributed by atoms with Gasteiger partial charge in [-0.3, -0.25) is 0 Å². The molecule has 5 heteroatoms. The summed E-state index contributed by atoms with van der Waals surface area (Å²) in [6, 6.07) is 5.36. The van der Waals surface area contributed by atoms with Gasteiger partial charge in [-0.05, 0) is 31.9 Å². The molecule has 0 aliphatic rings. The second kappa shape index (κ2) is 5.97. The van der Waals surface area contributed by atoms with Crippen LogP contribution in [0.1, 0.15) is 17.5 Å². The number of hydrogen-bond donors (Lipinski definition) is 1. The Balaban J connectivity index is 2.90. The molecule has 0 saturated heterocycles. The number of nitrogens with one attached hydrogen (secondary N) is 1. The average molecular weight is 353 g/mol. The number of aryl methyl sites for hydroxylation is 2. The van der Waals surface area contributed by atoms with Crippen molar-refractivity contribution in [1.29, 1.82) is 0 Å². The second-order valence-electron chi connectivity index (χ2n) is 3.71. The summed E-state index contributed by atoms with van der Waals surface area (Å²) >= 11 is 2.23. The Labute approximate surface area is 111 Å². The molecule has 0 radical (unpaired) electrons. The van der Waals surface area contributed by atoms with E-state index in [1.807, 2.05) is 26.0 Å². The molecule has 90 valence electrons. The Bertz CT molecular complexity index is 457. The van der Waals surface area contributed by atoms with Gasteiger partial charge in [-0.25, -0.2) is 13.1 Å². The van der Waals surface area contributed by atoms with Gasteiger partial charge in [0.15, 0.2) is 0 Å². The minimum atomic E-state index is -3.33. The monoisotopic (exact) mass is 353 g/mol. The molecule has 0 atom stereocenters. The fourth-order valence-corrected chi connectivity index (χ4v) is 3.13. The van der Waals surface area contributed by atoms with Gasteiger partial charge in [0.05, 0.1) is 4.90 Å². The van der Waals surface area contributed by atoms with Crippen LogP contribution < -0.4 is 4.72 Å². The van der Waals surface area contributed by atoms with Crippen LogP contribution in [0.3, 0.4) is 0 Å². The molecule has 0 amide bonds. The predicted octanol–water partition coefficient (Wildman–Crippen LogP) is 2.41. The van der Waals surface area contributed by atoms with Gasteiger partial charge in [0.25, 0.3) is 0 Å². The van der Waals surface area contributed by atoms with Crippen LogP contribution in [0.2, 0.25) is 0 Å². The molecular formula is C11H16INO2S. The molecule has 0 aliphatic heterocycles. The van der Waals surface area contributed by atoms with Crippen LogP contribution in [-0.4, -0.2) is 19.4 Å². The molecule has 1 rings (SSSR count). The Morgan fingerprint density at radius 3 is 2.56 bits per heavy atom. The highest BCUT2D eigenvalue weighted by atomic mass is 127. The van der Waals surface area contributed by atoms with Gasteiger partial charge in [0, 0.05) is 11.0 Å². The molecular weight excluding hydrogens is 337 g/mol. The van der Waals surface area contributed by atoms with E-state index in [0.29, 0.717) is 11.4 Å². The smallest absolute Gasteiger partial charge is 0.211 e. The minimum Gasteiger partial charge on any atom is -0.211 e. The van der Waals surface area contributed by atoms with Crippen LogP contribution in [0.25, 0.3) is 0 Å². The van der Waals surface area contributed by atoms with Crippen LogP contribution in [0, 0.1) is 13.8 Å². The molecule has 0 unspecified atom stereocenters. The number of rotatable bonds is 5. The summed E-state index contributed by atoms with van der Waals surface area (Å²) in [6.07, 6.45) is 0.852. The van der Waals surface area contributed by atoms with Gasteiger partial charge in [-0.15, -0.1) is 0 Å². The van der Waals surface area contributed by atoms with E-state index in [0.717, 1.165) is 22.0 Å². The van der Waals surface area contributed by atoms with E-state index >= 15 is 0 Å². The fraction of sp³-hybridized carbons (Fsp3) is 0.455. The summed E-state index contributed by atoms with van der Waals surface area (Å²) in [5.74, 6) is 0. The highest BCUT2D eigenvalue weighted by Crippen LogP contribution is 2.16. The average Bonchev–Trinajstić information content (AvgIpc) is 2.17. The maximum absolute atomic E-state index is 11.9. The van der Waals surface area contributed by atoms with E-state index in [-0.39, 0.29) is 0 Å². The first kappa shape index (κ1) is 13.9. The van der Waals surface area contributed by atoms with Crippen LogP contribution in [0.5, 0.6) is 0 Å². The zero-order valence-corrected chi connectivity index (χ0v) is 12.4. The number of alkyl halides is 1. The van der Waals surface area contributed by atoms with Gasteiger partial charge < -0.3 is 0 Å². The Hall–Kier alpha value is -0.140. The van der Waals surface area contributed by atoms with E-state index in [1.165, 1.54) is 0 Å². The quantitative estimate of drug-likeness (QED) is 0.502. The summed E-state index contributed by atoms with van der Waals surface area (Å²) in [7, 11) is -3.33. The van der Waals surface area contributed by atoms with Crippen molar-refractivity contribution in [1.82, 2.24) is 4.72 Å². The third-order valence-corrected chi connectivity index (χ3v) is 4.61. The molecule has 0 aromatic heterocycles. The first-order valence-electron chi connectivity index (χ1n) is 5.10. The fourth-order valence-electron chi connectivity index (χ4n) is 1.45. The summed E-state index contributed by atoms with van der Waals surface area (Å²) in [5, 5.41) is 0. The Kier molecular flexibility index (Phi) is 5.20. The molecule has 3 nitrogen and oxygen atoms in total. The van der Waals surface area contributed by atoms with Crippen LogP contribution in [0.15, 0.2) is 23.1 Å². The molecule has 1 N–H and O–H groups in total. The zero-order chi connectivity index (χ0) is 12.2. The lowest BCUT2D eigenvalue weighted by atomic mass is 10.2. The third kappa shape index (κ3) is 3.71. The van der Waals surface area contributed by atoms with Crippen LogP contribution >= 0.6 is 22.6 Å². The molecule has 16 heavy (non-hydrogen) atoms. The largest absolute Gasteiger partial charge is 0.240 e. The summed E-state index contributed by atoms with van der Waals surface area (Å²) in [5.41, 5.74) is 1.87. The first-order valence-corrected chi connectivity index (χ1v) is 8.11. The standard InChI is InChI=1S/C11H16INO2S/c1-9-4-5-11(10(2)8-9)16(14,15)13-7-3-6-12/h4-5,8,13H,3,6-7H2,1-2H3. The van der Waals surface area contributed by atoms with Gasteiger partial charge in [0.2, 0.25) is 10.0 Å². The highest BCUT2D eigenvalue weighted by molar-refractivity contribution is 14.1. The van der Waals surface area contributed by atoms with Crippen molar-refractivity contribution >= 4 is 32.6 Å². The lowest BCUT2D eigenvalue weighted by Gasteiger charge is -2.09. The van der Waals surface area contributed by atoms with Crippen molar-refractivity contribution in [3.8, 4) is 0 Å². The molecule has 0 fully saturated rings. The first-order chi connectivity index (χ1) is 7.47. The molecule has 1 aromatic carbocycles. The van der Waals surface area contributed by atoms with Crippen molar-refractivity contribution in [3.05, 3.63) is 29.3 Å². The molecule has 1 aromatic rings. The van der Waals surface area contributed by atoms with Gasteiger partial charge in [-0.1, -0.05) is 40.3 Å². The maximum atomic E-state index is 11.9. The van der Waals surface area contributed by atoms with Crippen LogP contribution in [0.4, 0.5) is 0 Å². The SMILES string of the molecule is Cc1ccc(S(=O)(=O)NCCCI)c(C)c1. The molecule has 0 saturated carbocycles. The molecule has 0 bridgehead atoms. The molecule has 0 heterocycles. The highest BCUT2D eigenvalue weighted by Gasteiger charge is 2.15. The topological polar surface area (TPSA) is 46.2 Å². The zero-order valence-electron chi connectivity index (χ0n) is 9.46. The van der Waals surface area contributed by atoms with Crippen molar-refractivity contribution < 1.29 is 8.42 Å². The number of halogens is 1. The van der Waals surface area contributed by atoms with Crippen molar-refractivity contribution in [2.45, 2.75) is 25.2 Å². The predicted molar refractivity (Wildman–Crippen MR) is 74.6 cm³/mol. The van der Waals surface area contributed by atoms with Gasteiger partial charge in [0.1, 0.15) is 0 Å². The van der Waals surface area contributed by atoms with E-state index < -0.39 is 10.0 Å². The Morgan fingerprint density at radius 1 is 1.31 bits per heavy atom. The van der Waals surface area contributed by atoms with E-state index in [4.69, 9.17) is 0 Å². The van der Waals surface area contributed by atoms with Crippen molar-refractivity contribution in [2.75, 3.05) is 11.0 Å². The third-order valence-electron chi connectivity index (χ3n) is 2.22. The normalized spacial score (nSPS) is 11.7. The summed E-state index contributed by atoms with van der Waals surface area (Å²) in [4.78, 5) is 0.381. The second-order valence-corrected chi connectivity index (χ2v) is 6.52. The number of hydrogen-bond acceptors (Lipinski definition) is 2. The minimum absolute atomic E-state index is 0.381.